The molecule has 5 nitrogen and oxygen atoms in total. The molecule has 0 atom stereocenters. The Labute approximate surface area is 133 Å². The summed E-state index contributed by atoms with van der Waals surface area (Å²) in [5, 5.41) is 14.2. The molecule has 1 fully saturated rings. The number of anilines is 1. The minimum absolute atomic E-state index is 0.0497. The normalized spacial score (nSPS) is 22.0. The summed E-state index contributed by atoms with van der Waals surface area (Å²) in [5.41, 5.74) is 0.665. The van der Waals surface area contributed by atoms with Crippen LogP contribution in [0.4, 0.5) is 11.5 Å². The maximum Gasteiger partial charge on any atom is 0.291 e. The van der Waals surface area contributed by atoms with E-state index in [-0.39, 0.29) is 5.69 Å². The predicted molar refractivity (Wildman–Crippen MR) is 87.6 cm³/mol. The van der Waals surface area contributed by atoms with Crippen molar-refractivity contribution in [2.75, 3.05) is 11.9 Å². The summed E-state index contributed by atoms with van der Waals surface area (Å²) in [6.07, 6.45) is 7.77. The summed E-state index contributed by atoms with van der Waals surface area (Å²) >= 11 is 3.40. The van der Waals surface area contributed by atoms with Crippen LogP contribution < -0.4 is 5.32 Å². The molecule has 0 amide bonds. The summed E-state index contributed by atoms with van der Waals surface area (Å²) < 4.78 is 0.689. The third-order valence-electron chi connectivity index (χ3n) is 4.41. The molecule has 21 heavy (non-hydrogen) atoms. The van der Waals surface area contributed by atoms with E-state index in [0.717, 1.165) is 24.8 Å². The largest absolute Gasteiger partial charge is 0.369 e. The molecule has 1 aromatic heterocycles. The SMILES string of the molecule is Cc1c([N+](=O)[O-])cnc(NCCC2CCC(C)CC2)c1Br. The molecule has 1 aliphatic carbocycles. The van der Waals surface area contributed by atoms with Crippen LogP contribution >= 0.6 is 15.9 Å². The Bertz CT molecular complexity index is 514. The molecule has 0 bridgehead atoms. The van der Waals surface area contributed by atoms with E-state index in [1.54, 1.807) is 6.92 Å². The van der Waals surface area contributed by atoms with Gasteiger partial charge in [-0.3, -0.25) is 10.1 Å². The molecule has 0 radical (unpaired) electrons. The molecule has 1 aliphatic rings. The fourth-order valence-electron chi connectivity index (χ4n) is 2.89. The first-order valence-corrected chi connectivity index (χ1v) is 8.31. The van der Waals surface area contributed by atoms with Gasteiger partial charge in [0.1, 0.15) is 12.0 Å². The maximum atomic E-state index is 10.9. The number of nitrogens with one attached hydrogen (secondary N) is 1. The standard InChI is InChI=1S/C15H22BrN3O2/c1-10-3-5-12(6-4-10)7-8-17-15-14(16)11(2)13(9-18-15)19(20)21/h9-10,12H,3-8H2,1-2H3,(H,17,18). The van der Waals surface area contributed by atoms with Crippen molar-refractivity contribution in [2.24, 2.45) is 11.8 Å². The van der Waals surface area contributed by atoms with Crippen molar-refractivity contribution in [3.05, 3.63) is 26.3 Å². The first-order chi connectivity index (χ1) is 9.99. The molecular formula is C15H22BrN3O2. The average molecular weight is 356 g/mol. The summed E-state index contributed by atoms with van der Waals surface area (Å²) in [4.78, 5) is 14.6. The van der Waals surface area contributed by atoms with E-state index in [2.05, 4.69) is 33.2 Å². The van der Waals surface area contributed by atoms with Gasteiger partial charge in [0, 0.05) is 12.1 Å². The van der Waals surface area contributed by atoms with E-state index in [9.17, 15) is 10.1 Å². The van der Waals surface area contributed by atoms with E-state index >= 15 is 0 Å². The number of hydrogen-bond acceptors (Lipinski definition) is 4. The zero-order valence-corrected chi connectivity index (χ0v) is 14.1. The van der Waals surface area contributed by atoms with Crippen molar-refractivity contribution in [1.29, 1.82) is 0 Å². The highest BCUT2D eigenvalue weighted by atomic mass is 79.9. The van der Waals surface area contributed by atoms with E-state index in [1.807, 2.05) is 0 Å². The fourth-order valence-corrected chi connectivity index (χ4v) is 3.33. The van der Waals surface area contributed by atoms with Crippen molar-refractivity contribution in [1.82, 2.24) is 4.98 Å². The summed E-state index contributed by atoms with van der Waals surface area (Å²) in [6.45, 7) is 4.93. The molecule has 6 heteroatoms. The topological polar surface area (TPSA) is 68.1 Å². The molecule has 1 N–H and O–H groups in total. The number of nitrogens with zero attached hydrogens (tertiary/aromatic N) is 2. The van der Waals surface area contributed by atoms with Crippen LogP contribution in [0.25, 0.3) is 0 Å². The molecule has 0 saturated heterocycles. The van der Waals surface area contributed by atoms with Gasteiger partial charge in [-0.1, -0.05) is 32.6 Å². The highest BCUT2D eigenvalue weighted by Gasteiger charge is 2.19. The number of aromatic nitrogens is 1. The van der Waals surface area contributed by atoms with E-state index in [1.165, 1.54) is 31.9 Å². The van der Waals surface area contributed by atoms with Gasteiger partial charge in [0.25, 0.3) is 5.69 Å². The Morgan fingerprint density at radius 1 is 1.43 bits per heavy atom. The van der Waals surface area contributed by atoms with E-state index in [0.29, 0.717) is 15.9 Å². The maximum absolute atomic E-state index is 10.9. The molecule has 0 aromatic carbocycles. The Morgan fingerprint density at radius 3 is 2.71 bits per heavy atom. The Hall–Kier alpha value is -1.17. The highest BCUT2D eigenvalue weighted by Crippen LogP contribution is 2.32. The van der Waals surface area contributed by atoms with Gasteiger partial charge in [-0.25, -0.2) is 4.98 Å². The predicted octanol–water partition coefficient (Wildman–Crippen LogP) is 4.69. The molecule has 0 unspecified atom stereocenters. The van der Waals surface area contributed by atoms with Crippen LogP contribution in [0.5, 0.6) is 0 Å². The van der Waals surface area contributed by atoms with Crippen LogP contribution in [0.15, 0.2) is 10.7 Å². The first kappa shape index (κ1) is 16.2. The molecule has 1 heterocycles. The third kappa shape index (κ3) is 4.15. The van der Waals surface area contributed by atoms with Gasteiger partial charge in [0.15, 0.2) is 0 Å². The van der Waals surface area contributed by atoms with Crippen LogP contribution in [0, 0.1) is 28.9 Å². The van der Waals surface area contributed by atoms with E-state index < -0.39 is 4.92 Å². The summed E-state index contributed by atoms with van der Waals surface area (Å²) in [7, 11) is 0. The van der Waals surface area contributed by atoms with Crippen LogP contribution in [0.1, 0.15) is 44.6 Å². The highest BCUT2D eigenvalue weighted by molar-refractivity contribution is 9.10. The minimum Gasteiger partial charge on any atom is -0.369 e. The fraction of sp³-hybridized carbons (Fsp3) is 0.667. The lowest BCUT2D eigenvalue weighted by Gasteiger charge is -2.26. The lowest BCUT2D eigenvalue weighted by molar-refractivity contribution is -0.385. The minimum atomic E-state index is -0.403. The van der Waals surface area contributed by atoms with Gasteiger partial charge >= 0.3 is 0 Å². The smallest absolute Gasteiger partial charge is 0.291 e. The Morgan fingerprint density at radius 2 is 2.10 bits per heavy atom. The van der Waals surface area contributed by atoms with Gasteiger partial charge in [0.2, 0.25) is 0 Å². The Kier molecular flexibility index (Phi) is 5.56. The molecular weight excluding hydrogens is 334 g/mol. The van der Waals surface area contributed by atoms with E-state index in [4.69, 9.17) is 0 Å². The van der Waals surface area contributed by atoms with Crippen molar-refractivity contribution >= 4 is 27.4 Å². The zero-order valence-electron chi connectivity index (χ0n) is 12.6. The van der Waals surface area contributed by atoms with Crippen LogP contribution in [0.2, 0.25) is 0 Å². The first-order valence-electron chi connectivity index (χ1n) is 7.52. The second kappa shape index (κ2) is 7.20. The zero-order chi connectivity index (χ0) is 15.4. The van der Waals surface area contributed by atoms with Gasteiger partial charge in [-0.2, -0.15) is 0 Å². The molecule has 116 valence electrons. The summed E-state index contributed by atoms with van der Waals surface area (Å²) in [6, 6.07) is 0. The molecule has 1 saturated carbocycles. The van der Waals surface area contributed by atoms with Crippen molar-refractivity contribution < 1.29 is 4.92 Å². The molecule has 2 rings (SSSR count). The lowest BCUT2D eigenvalue weighted by atomic mass is 9.81. The lowest BCUT2D eigenvalue weighted by Crippen LogP contribution is -2.16. The van der Waals surface area contributed by atoms with Crippen LogP contribution in [-0.2, 0) is 0 Å². The number of hydrogen-bond donors (Lipinski definition) is 1. The average Bonchev–Trinajstić information content (AvgIpc) is 2.45. The Balaban J connectivity index is 1.89. The monoisotopic (exact) mass is 355 g/mol. The second-order valence-corrected chi connectivity index (χ2v) is 6.82. The second-order valence-electron chi connectivity index (χ2n) is 6.03. The molecule has 0 spiro atoms. The summed E-state index contributed by atoms with van der Waals surface area (Å²) in [5.74, 6) is 2.37. The molecule has 0 aliphatic heterocycles. The third-order valence-corrected chi connectivity index (χ3v) is 5.38. The van der Waals surface area contributed by atoms with Crippen molar-refractivity contribution in [3.8, 4) is 0 Å². The van der Waals surface area contributed by atoms with Crippen LogP contribution in [-0.4, -0.2) is 16.5 Å². The number of nitro groups is 1. The van der Waals surface area contributed by atoms with Crippen molar-refractivity contribution in [2.45, 2.75) is 46.0 Å². The number of pyridine rings is 1. The molecule has 1 aromatic rings. The van der Waals surface area contributed by atoms with Gasteiger partial charge in [0.05, 0.1) is 9.40 Å². The van der Waals surface area contributed by atoms with Crippen molar-refractivity contribution in [3.63, 3.8) is 0 Å². The number of rotatable bonds is 5. The van der Waals surface area contributed by atoms with Gasteiger partial charge in [-0.05, 0) is 41.1 Å². The van der Waals surface area contributed by atoms with Gasteiger partial charge in [-0.15, -0.1) is 0 Å². The quantitative estimate of drug-likeness (QED) is 0.614. The van der Waals surface area contributed by atoms with Gasteiger partial charge < -0.3 is 5.32 Å². The number of halogens is 1. The van der Waals surface area contributed by atoms with Crippen LogP contribution in [0.3, 0.4) is 0 Å².